The van der Waals surface area contributed by atoms with Gasteiger partial charge >= 0.3 is 6.09 Å². The zero-order valence-corrected chi connectivity index (χ0v) is 23.8. The Morgan fingerprint density at radius 3 is 2.18 bits per heavy atom. The molecule has 0 aliphatic rings. The van der Waals surface area contributed by atoms with E-state index in [-0.39, 0.29) is 24.3 Å². The van der Waals surface area contributed by atoms with E-state index in [4.69, 9.17) is 4.74 Å². The molecule has 0 aromatic heterocycles. The molecule has 0 aliphatic carbocycles. The van der Waals surface area contributed by atoms with E-state index in [1.54, 1.807) is 26.8 Å². The summed E-state index contributed by atoms with van der Waals surface area (Å²) in [7, 11) is 0. The van der Waals surface area contributed by atoms with Crippen LogP contribution in [0.4, 0.5) is 4.79 Å². The molecule has 2 aromatic rings. The van der Waals surface area contributed by atoms with Gasteiger partial charge in [0.15, 0.2) is 0 Å². The molecule has 2 rings (SSSR count). The first-order chi connectivity index (χ1) is 17.9. The monoisotopic (exact) mass is 521 g/mol. The third-order valence-electron chi connectivity index (χ3n) is 6.19. The second-order valence-electron chi connectivity index (χ2n) is 10.8. The molecule has 7 heteroatoms. The van der Waals surface area contributed by atoms with Gasteiger partial charge in [0.1, 0.15) is 17.7 Å². The number of carbonyl (C=O) groups is 3. The molecule has 0 heterocycles. The number of ether oxygens (including phenoxy) is 1. The zero-order chi connectivity index (χ0) is 28.5. The lowest BCUT2D eigenvalue weighted by molar-refractivity contribution is -0.142. The number of hydrogen-bond acceptors (Lipinski definition) is 4. The Morgan fingerprint density at radius 2 is 1.66 bits per heavy atom. The molecule has 0 aliphatic heterocycles. The number of amides is 3. The molecule has 2 aromatic carbocycles. The van der Waals surface area contributed by atoms with Gasteiger partial charge in [-0.25, -0.2) is 4.79 Å². The van der Waals surface area contributed by atoms with Gasteiger partial charge in [-0.15, -0.1) is 6.58 Å². The maximum atomic E-state index is 14.1. The highest BCUT2D eigenvalue weighted by atomic mass is 16.6. The minimum atomic E-state index is -0.921. The van der Waals surface area contributed by atoms with Gasteiger partial charge in [-0.2, -0.15) is 0 Å². The Balaban J connectivity index is 2.50. The molecular weight excluding hydrogens is 478 g/mol. The Labute approximate surface area is 227 Å². The normalized spacial score (nSPS) is 13.6. The van der Waals surface area contributed by atoms with Crippen LogP contribution in [0.1, 0.15) is 69.3 Å². The summed E-state index contributed by atoms with van der Waals surface area (Å²) >= 11 is 0. The minimum Gasteiger partial charge on any atom is -0.444 e. The van der Waals surface area contributed by atoms with Crippen molar-refractivity contribution in [2.75, 3.05) is 6.54 Å². The van der Waals surface area contributed by atoms with Crippen molar-refractivity contribution in [3.8, 4) is 0 Å². The molecule has 3 amide bonds. The van der Waals surface area contributed by atoms with Crippen LogP contribution in [0.3, 0.4) is 0 Å². The Bertz CT molecular complexity index is 1090. The number of carbonyl (C=O) groups excluding carboxylic acids is 3. The fourth-order valence-electron chi connectivity index (χ4n) is 4.28. The number of benzene rings is 2. The van der Waals surface area contributed by atoms with Crippen molar-refractivity contribution < 1.29 is 19.1 Å². The maximum Gasteiger partial charge on any atom is 0.408 e. The van der Waals surface area contributed by atoms with Gasteiger partial charge in [-0.05, 0) is 51.7 Å². The first-order valence-corrected chi connectivity index (χ1v) is 13.2. The predicted octanol–water partition coefficient (Wildman–Crippen LogP) is 5.61. The Kier molecular flexibility index (Phi) is 11.1. The number of alkyl carbamates (subject to hydrolysis) is 1. The molecule has 38 heavy (non-hydrogen) atoms. The van der Waals surface area contributed by atoms with Gasteiger partial charge in [0.25, 0.3) is 0 Å². The molecule has 0 saturated heterocycles. The highest BCUT2D eigenvalue weighted by Crippen LogP contribution is 2.26. The SMILES string of the molecule is C=CCN(C(=O)C(NC(=O)OC(C)(C)C)C(C)CC)C(C(=O)NCc1ccccc1)c1cc(C)cc(C)c1. The first kappa shape index (κ1) is 30.6. The van der Waals surface area contributed by atoms with Crippen molar-refractivity contribution in [3.63, 3.8) is 0 Å². The molecule has 0 saturated carbocycles. The Hall–Kier alpha value is -3.61. The molecule has 3 unspecified atom stereocenters. The van der Waals surface area contributed by atoms with Crippen LogP contribution in [-0.4, -0.2) is 41.0 Å². The fourth-order valence-corrected chi connectivity index (χ4v) is 4.28. The summed E-state index contributed by atoms with van der Waals surface area (Å²) in [5.41, 5.74) is 2.90. The van der Waals surface area contributed by atoms with Crippen molar-refractivity contribution in [1.29, 1.82) is 0 Å². The van der Waals surface area contributed by atoms with E-state index in [1.165, 1.54) is 4.90 Å². The van der Waals surface area contributed by atoms with Gasteiger partial charge in [-0.1, -0.05) is 86.0 Å². The van der Waals surface area contributed by atoms with Crippen LogP contribution in [0.2, 0.25) is 0 Å². The molecule has 0 bridgehead atoms. The highest BCUT2D eigenvalue weighted by molar-refractivity contribution is 5.92. The summed E-state index contributed by atoms with van der Waals surface area (Å²) in [6, 6.07) is 13.7. The molecule has 206 valence electrons. The number of hydrogen-bond donors (Lipinski definition) is 2. The summed E-state index contributed by atoms with van der Waals surface area (Å²) in [5.74, 6) is -0.882. The number of rotatable bonds is 11. The van der Waals surface area contributed by atoms with Crippen LogP contribution in [0.25, 0.3) is 0 Å². The molecular formula is C31H43N3O4. The predicted molar refractivity (Wildman–Crippen MR) is 151 cm³/mol. The van der Waals surface area contributed by atoms with Gasteiger partial charge in [-0.3, -0.25) is 9.59 Å². The quantitative estimate of drug-likeness (QED) is 0.376. The molecule has 7 nitrogen and oxygen atoms in total. The van der Waals surface area contributed by atoms with E-state index in [9.17, 15) is 14.4 Å². The fraction of sp³-hybridized carbons (Fsp3) is 0.452. The van der Waals surface area contributed by atoms with Gasteiger partial charge in [0, 0.05) is 13.1 Å². The third kappa shape index (κ3) is 9.05. The van der Waals surface area contributed by atoms with Crippen LogP contribution in [0.15, 0.2) is 61.2 Å². The molecule has 0 radical (unpaired) electrons. The summed E-state index contributed by atoms with van der Waals surface area (Å²) in [6.07, 6.45) is 1.56. The van der Waals surface area contributed by atoms with E-state index >= 15 is 0 Å². The molecule has 3 atom stereocenters. The lowest BCUT2D eigenvalue weighted by Gasteiger charge is -2.35. The molecule has 2 N–H and O–H groups in total. The summed E-state index contributed by atoms with van der Waals surface area (Å²) < 4.78 is 5.44. The number of aryl methyl sites for hydroxylation is 2. The van der Waals surface area contributed by atoms with Crippen molar-refractivity contribution >= 4 is 17.9 Å². The average Bonchev–Trinajstić information content (AvgIpc) is 2.84. The maximum absolute atomic E-state index is 14.1. The second kappa shape index (κ2) is 13.8. The molecule has 0 spiro atoms. The lowest BCUT2D eigenvalue weighted by Crippen LogP contribution is -2.55. The van der Waals surface area contributed by atoms with Crippen molar-refractivity contribution in [2.24, 2.45) is 5.92 Å². The van der Waals surface area contributed by atoms with Crippen molar-refractivity contribution in [2.45, 2.75) is 79.1 Å². The van der Waals surface area contributed by atoms with E-state index in [0.717, 1.165) is 16.7 Å². The largest absolute Gasteiger partial charge is 0.444 e. The Morgan fingerprint density at radius 1 is 1.05 bits per heavy atom. The van der Waals surface area contributed by atoms with Gasteiger partial charge in [0.05, 0.1) is 0 Å². The van der Waals surface area contributed by atoms with E-state index in [1.807, 2.05) is 76.2 Å². The van der Waals surface area contributed by atoms with E-state index in [0.29, 0.717) is 18.5 Å². The number of nitrogens with zero attached hydrogens (tertiary/aromatic N) is 1. The molecule has 0 fully saturated rings. The summed E-state index contributed by atoms with van der Waals surface area (Å²) in [4.78, 5) is 42.1. The highest BCUT2D eigenvalue weighted by Gasteiger charge is 2.37. The van der Waals surface area contributed by atoms with E-state index in [2.05, 4.69) is 17.2 Å². The number of nitrogens with one attached hydrogen (secondary N) is 2. The minimum absolute atomic E-state index is 0.123. The van der Waals surface area contributed by atoms with Crippen LogP contribution in [0.5, 0.6) is 0 Å². The van der Waals surface area contributed by atoms with Crippen LogP contribution < -0.4 is 10.6 Å². The van der Waals surface area contributed by atoms with E-state index < -0.39 is 23.8 Å². The first-order valence-electron chi connectivity index (χ1n) is 13.2. The van der Waals surface area contributed by atoms with Crippen molar-refractivity contribution in [1.82, 2.24) is 15.5 Å². The van der Waals surface area contributed by atoms with Gasteiger partial charge in [0.2, 0.25) is 11.8 Å². The van der Waals surface area contributed by atoms with Crippen molar-refractivity contribution in [3.05, 3.63) is 83.4 Å². The average molecular weight is 522 g/mol. The second-order valence-corrected chi connectivity index (χ2v) is 10.8. The summed E-state index contributed by atoms with van der Waals surface area (Å²) in [5, 5.41) is 5.78. The van der Waals surface area contributed by atoms with Gasteiger partial charge < -0.3 is 20.3 Å². The standard InChI is InChI=1S/C31H43N3O4/c1-9-16-34(29(36)26(23(5)10-2)33-30(37)38-31(6,7)8)27(25-18-21(3)17-22(4)19-25)28(35)32-20-24-14-12-11-13-15-24/h9,11-15,17-19,23,26-27H,1,10,16,20H2,2-8H3,(H,32,35)(H,33,37). The summed E-state index contributed by atoms with van der Waals surface area (Å²) in [6.45, 7) is 17.4. The van der Waals surface area contributed by atoms with Crippen LogP contribution in [-0.2, 0) is 20.9 Å². The van der Waals surface area contributed by atoms with Crippen LogP contribution in [0, 0.1) is 19.8 Å². The van der Waals surface area contributed by atoms with Crippen LogP contribution >= 0.6 is 0 Å². The lowest BCUT2D eigenvalue weighted by atomic mass is 9.94. The smallest absolute Gasteiger partial charge is 0.408 e. The topological polar surface area (TPSA) is 87.7 Å². The zero-order valence-electron chi connectivity index (χ0n) is 23.8. The third-order valence-corrected chi connectivity index (χ3v) is 6.19.